The fourth-order valence-corrected chi connectivity index (χ4v) is 2.74. The van der Waals surface area contributed by atoms with E-state index in [1.165, 1.54) is 6.92 Å². The van der Waals surface area contributed by atoms with Gasteiger partial charge in [0.2, 0.25) is 5.91 Å². The van der Waals surface area contributed by atoms with Crippen molar-refractivity contribution in [2.24, 2.45) is 0 Å². The highest BCUT2D eigenvalue weighted by molar-refractivity contribution is 5.90. The molecular formula is C22H22N2O4. The Bertz CT molecular complexity index is 907. The summed E-state index contributed by atoms with van der Waals surface area (Å²) in [5, 5.41) is 2.70. The average Bonchev–Trinajstić information content (AvgIpc) is 3.20. The van der Waals surface area contributed by atoms with Crippen LogP contribution in [0.15, 0.2) is 77.4 Å². The zero-order valence-electron chi connectivity index (χ0n) is 15.6. The van der Waals surface area contributed by atoms with Gasteiger partial charge >= 0.3 is 0 Å². The van der Waals surface area contributed by atoms with E-state index in [4.69, 9.17) is 9.15 Å². The van der Waals surface area contributed by atoms with Crippen LogP contribution in [0, 0.1) is 0 Å². The van der Waals surface area contributed by atoms with Gasteiger partial charge in [-0.15, -0.1) is 0 Å². The topological polar surface area (TPSA) is 71.8 Å². The number of anilines is 1. The number of furan rings is 1. The third kappa shape index (κ3) is 5.48. The van der Waals surface area contributed by atoms with Crippen LogP contribution in [-0.2, 0) is 22.7 Å². The lowest BCUT2D eigenvalue weighted by Crippen LogP contribution is -2.34. The maximum Gasteiger partial charge on any atom is 0.261 e. The Balaban J connectivity index is 1.70. The third-order valence-corrected chi connectivity index (χ3v) is 4.04. The monoisotopic (exact) mass is 378 g/mol. The summed E-state index contributed by atoms with van der Waals surface area (Å²) in [6.07, 6.45) is 1.58. The number of nitrogens with zero attached hydrogens (tertiary/aromatic N) is 1. The van der Waals surface area contributed by atoms with Gasteiger partial charge in [-0.25, -0.2) is 0 Å². The van der Waals surface area contributed by atoms with Crippen LogP contribution in [0.5, 0.6) is 5.75 Å². The van der Waals surface area contributed by atoms with Gasteiger partial charge in [-0.05, 0) is 29.8 Å². The van der Waals surface area contributed by atoms with Gasteiger partial charge in [0.05, 0.1) is 18.5 Å². The van der Waals surface area contributed by atoms with Gasteiger partial charge in [0.15, 0.2) is 6.61 Å². The SMILES string of the molecule is CC(=O)Nc1ccccc1OCC(=O)N(Cc1ccccc1)Cc1ccco1. The van der Waals surface area contributed by atoms with E-state index in [1.807, 2.05) is 36.4 Å². The highest BCUT2D eigenvalue weighted by Gasteiger charge is 2.17. The Morgan fingerprint density at radius 3 is 2.43 bits per heavy atom. The second kappa shape index (κ2) is 9.41. The molecule has 0 spiro atoms. The molecule has 0 saturated heterocycles. The van der Waals surface area contributed by atoms with Gasteiger partial charge in [0, 0.05) is 13.5 Å². The Hall–Kier alpha value is -3.54. The first-order valence-corrected chi connectivity index (χ1v) is 8.95. The number of benzene rings is 2. The van der Waals surface area contributed by atoms with Crippen molar-refractivity contribution in [2.45, 2.75) is 20.0 Å². The maximum absolute atomic E-state index is 12.9. The lowest BCUT2D eigenvalue weighted by molar-refractivity contribution is -0.134. The summed E-state index contributed by atoms with van der Waals surface area (Å²) in [7, 11) is 0. The van der Waals surface area contributed by atoms with Crippen LogP contribution in [-0.4, -0.2) is 23.3 Å². The molecular weight excluding hydrogens is 356 g/mol. The lowest BCUT2D eigenvalue weighted by atomic mass is 10.2. The highest BCUT2D eigenvalue weighted by Crippen LogP contribution is 2.24. The van der Waals surface area contributed by atoms with Crippen LogP contribution in [0.2, 0.25) is 0 Å². The predicted molar refractivity (Wildman–Crippen MR) is 106 cm³/mol. The Kier molecular flexibility index (Phi) is 6.46. The van der Waals surface area contributed by atoms with Gasteiger partial charge in [-0.2, -0.15) is 0 Å². The Morgan fingerprint density at radius 2 is 1.71 bits per heavy atom. The minimum absolute atomic E-state index is 0.149. The Morgan fingerprint density at radius 1 is 0.964 bits per heavy atom. The molecule has 0 atom stereocenters. The number of hydrogen-bond acceptors (Lipinski definition) is 4. The molecule has 3 rings (SSSR count). The number of hydrogen-bond donors (Lipinski definition) is 1. The van der Waals surface area contributed by atoms with Gasteiger partial charge in [-0.1, -0.05) is 42.5 Å². The van der Waals surface area contributed by atoms with Crippen molar-refractivity contribution >= 4 is 17.5 Å². The molecule has 1 N–H and O–H groups in total. The Labute approximate surface area is 163 Å². The van der Waals surface area contributed by atoms with Crippen LogP contribution in [0.3, 0.4) is 0 Å². The number of carbonyl (C=O) groups is 2. The fourth-order valence-electron chi connectivity index (χ4n) is 2.74. The average molecular weight is 378 g/mol. The van der Waals surface area contributed by atoms with Crippen molar-refractivity contribution in [3.8, 4) is 5.75 Å². The van der Waals surface area contributed by atoms with Gasteiger partial charge in [0.25, 0.3) is 5.91 Å². The van der Waals surface area contributed by atoms with Crippen LogP contribution >= 0.6 is 0 Å². The molecule has 1 heterocycles. The van der Waals surface area contributed by atoms with E-state index in [9.17, 15) is 9.59 Å². The second-order valence-corrected chi connectivity index (χ2v) is 6.28. The van der Waals surface area contributed by atoms with Gasteiger partial charge in [-0.3, -0.25) is 9.59 Å². The molecule has 0 bridgehead atoms. The molecule has 3 aromatic rings. The summed E-state index contributed by atoms with van der Waals surface area (Å²) in [6.45, 7) is 2.06. The number of rotatable bonds is 8. The molecule has 2 aromatic carbocycles. The van der Waals surface area contributed by atoms with Crippen molar-refractivity contribution in [1.29, 1.82) is 0 Å². The molecule has 28 heavy (non-hydrogen) atoms. The first-order chi connectivity index (χ1) is 13.6. The molecule has 0 aliphatic carbocycles. The molecule has 0 unspecified atom stereocenters. The summed E-state index contributed by atoms with van der Waals surface area (Å²) in [6, 6.07) is 20.4. The summed E-state index contributed by atoms with van der Waals surface area (Å²) in [5.41, 5.74) is 1.55. The number of ether oxygens (including phenoxy) is 1. The molecule has 1 aromatic heterocycles. The second-order valence-electron chi connectivity index (χ2n) is 6.28. The van der Waals surface area contributed by atoms with Crippen molar-refractivity contribution < 1.29 is 18.7 Å². The van der Waals surface area contributed by atoms with E-state index < -0.39 is 0 Å². The highest BCUT2D eigenvalue weighted by atomic mass is 16.5. The van der Waals surface area contributed by atoms with E-state index >= 15 is 0 Å². The molecule has 6 heteroatoms. The van der Waals surface area contributed by atoms with Crippen molar-refractivity contribution in [3.05, 3.63) is 84.3 Å². The molecule has 0 fully saturated rings. The first-order valence-electron chi connectivity index (χ1n) is 8.95. The van der Waals surface area contributed by atoms with Crippen molar-refractivity contribution in [2.75, 3.05) is 11.9 Å². The zero-order chi connectivity index (χ0) is 19.8. The minimum atomic E-state index is -0.203. The van der Waals surface area contributed by atoms with E-state index in [0.29, 0.717) is 30.3 Å². The van der Waals surface area contributed by atoms with E-state index in [0.717, 1.165) is 5.56 Å². The van der Waals surface area contributed by atoms with Crippen LogP contribution in [0.4, 0.5) is 5.69 Å². The number of amides is 2. The van der Waals surface area contributed by atoms with E-state index in [1.54, 1.807) is 41.5 Å². The quantitative estimate of drug-likeness (QED) is 0.646. The van der Waals surface area contributed by atoms with Gasteiger partial charge in [0.1, 0.15) is 11.5 Å². The molecule has 144 valence electrons. The molecule has 6 nitrogen and oxygen atoms in total. The van der Waals surface area contributed by atoms with Crippen LogP contribution in [0.1, 0.15) is 18.2 Å². The van der Waals surface area contributed by atoms with E-state index in [2.05, 4.69) is 5.32 Å². The fraction of sp³-hybridized carbons (Fsp3) is 0.182. The number of nitrogens with one attached hydrogen (secondary N) is 1. The lowest BCUT2D eigenvalue weighted by Gasteiger charge is -2.22. The minimum Gasteiger partial charge on any atom is -0.482 e. The standard InChI is InChI=1S/C22H22N2O4/c1-17(25)23-20-11-5-6-12-21(20)28-16-22(26)24(15-19-10-7-13-27-19)14-18-8-3-2-4-9-18/h2-13H,14-16H2,1H3,(H,23,25). The van der Waals surface area contributed by atoms with Crippen LogP contribution < -0.4 is 10.1 Å². The first kappa shape index (κ1) is 19.2. The number of para-hydroxylation sites is 2. The molecule has 0 radical (unpaired) electrons. The molecule has 2 amide bonds. The summed E-state index contributed by atoms with van der Waals surface area (Å²) < 4.78 is 11.1. The number of carbonyl (C=O) groups excluding carboxylic acids is 2. The summed E-state index contributed by atoms with van der Waals surface area (Å²) in [4.78, 5) is 25.9. The van der Waals surface area contributed by atoms with Crippen molar-refractivity contribution in [3.63, 3.8) is 0 Å². The zero-order valence-corrected chi connectivity index (χ0v) is 15.6. The van der Waals surface area contributed by atoms with Crippen LogP contribution in [0.25, 0.3) is 0 Å². The normalized spacial score (nSPS) is 10.3. The largest absolute Gasteiger partial charge is 0.482 e. The smallest absolute Gasteiger partial charge is 0.261 e. The van der Waals surface area contributed by atoms with Crippen molar-refractivity contribution in [1.82, 2.24) is 4.90 Å². The van der Waals surface area contributed by atoms with E-state index in [-0.39, 0.29) is 18.4 Å². The molecule has 0 aliphatic heterocycles. The predicted octanol–water partition coefficient (Wildman–Crippen LogP) is 3.85. The third-order valence-electron chi connectivity index (χ3n) is 4.04. The van der Waals surface area contributed by atoms with Gasteiger partial charge < -0.3 is 19.4 Å². The molecule has 0 saturated carbocycles. The maximum atomic E-state index is 12.9. The summed E-state index contributed by atoms with van der Waals surface area (Å²) in [5.74, 6) is 0.760. The molecule has 0 aliphatic rings. The summed E-state index contributed by atoms with van der Waals surface area (Å²) >= 11 is 0.